The Morgan fingerprint density at radius 1 is 1.24 bits per heavy atom. The van der Waals surface area contributed by atoms with Crippen LogP contribution in [0.1, 0.15) is 25.7 Å². The molecule has 0 aliphatic heterocycles. The van der Waals surface area contributed by atoms with Crippen molar-refractivity contribution in [3.63, 3.8) is 0 Å². The standard InChI is InChI=1S/C12H14ClN3O/c1-7(2)10(14)11-15-12(17-16-11)8-3-5-9(13)6-4-8/h3-7,10H,14H2,1-2H3. The molecule has 0 saturated carbocycles. The quantitative estimate of drug-likeness (QED) is 0.911. The Labute approximate surface area is 105 Å². The number of hydrogen-bond donors (Lipinski definition) is 1. The van der Waals surface area contributed by atoms with Crippen LogP contribution in [0.25, 0.3) is 11.5 Å². The van der Waals surface area contributed by atoms with Crippen molar-refractivity contribution in [2.24, 2.45) is 11.7 Å². The normalized spacial score (nSPS) is 13.0. The second-order valence-corrected chi connectivity index (χ2v) is 4.67. The maximum Gasteiger partial charge on any atom is 0.257 e. The number of hydrogen-bond acceptors (Lipinski definition) is 4. The van der Waals surface area contributed by atoms with Gasteiger partial charge >= 0.3 is 0 Å². The molecule has 4 nitrogen and oxygen atoms in total. The fraction of sp³-hybridized carbons (Fsp3) is 0.333. The van der Waals surface area contributed by atoms with Crippen LogP contribution >= 0.6 is 11.6 Å². The Morgan fingerprint density at radius 2 is 1.88 bits per heavy atom. The van der Waals surface area contributed by atoms with Gasteiger partial charge in [0.25, 0.3) is 5.89 Å². The molecule has 0 amide bonds. The summed E-state index contributed by atoms with van der Waals surface area (Å²) in [6.07, 6.45) is 0. The average Bonchev–Trinajstić information content (AvgIpc) is 2.78. The molecule has 90 valence electrons. The van der Waals surface area contributed by atoms with Crippen LogP contribution < -0.4 is 5.73 Å². The highest BCUT2D eigenvalue weighted by molar-refractivity contribution is 6.30. The summed E-state index contributed by atoms with van der Waals surface area (Å²) < 4.78 is 5.18. The van der Waals surface area contributed by atoms with Crippen molar-refractivity contribution in [2.45, 2.75) is 19.9 Å². The van der Waals surface area contributed by atoms with E-state index in [-0.39, 0.29) is 12.0 Å². The molecule has 2 rings (SSSR count). The van der Waals surface area contributed by atoms with E-state index in [2.05, 4.69) is 10.1 Å². The summed E-state index contributed by atoms with van der Waals surface area (Å²) in [5.74, 6) is 1.27. The van der Waals surface area contributed by atoms with Crippen LogP contribution in [0.5, 0.6) is 0 Å². The number of rotatable bonds is 3. The Hall–Kier alpha value is -1.39. The predicted molar refractivity (Wildman–Crippen MR) is 66.5 cm³/mol. The minimum absolute atomic E-state index is 0.209. The summed E-state index contributed by atoms with van der Waals surface area (Å²) in [7, 11) is 0. The molecule has 0 aliphatic carbocycles. The summed E-state index contributed by atoms with van der Waals surface area (Å²) in [6.45, 7) is 4.03. The van der Waals surface area contributed by atoms with E-state index in [0.29, 0.717) is 16.7 Å². The zero-order valence-electron chi connectivity index (χ0n) is 9.72. The Bertz CT molecular complexity index is 493. The molecule has 0 aliphatic rings. The highest BCUT2D eigenvalue weighted by Gasteiger charge is 2.17. The van der Waals surface area contributed by atoms with Crippen molar-refractivity contribution >= 4 is 11.6 Å². The summed E-state index contributed by atoms with van der Waals surface area (Å²) in [5, 5.41) is 4.57. The largest absolute Gasteiger partial charge is 0.334 e. The lowest BCUT2D eigenvalue weighted by Gasteiger charge is -2.09. The molecule has 0 bridgehead atoms. The van der Waals surface area contributed by atoms with E-state index in [1.807, 2.05) is 26.0 Å². The molecule has 1 aromatic heterocycles. The van der Waals surface area contributed by atoms with Gasteiger partial charge in [0.05, 0.1) is 6.04 Å². The lowest BCUT2D eigenvalue weighted by atomic mass is 10.1. The van der Waals surface area contributed by atoms with Crippen molar-refractivity contribution in [1.82, 2.24) is 10.1 Å². The SMILES string of the molecule is CC(C)C(N)c1noc(-c2ccc(Cl)cc2)n1. The average molecular weight is 252 g/mol. The monoisotopic (exact) mass is 251 g/mol. The molecular formula is C12H14ClN3O. The van der Waals surface area contributed by atoms with Crippen LogP contribution in [0, 0.1) is 5.92 Å². The number of nitrogens with zero attached hydrogens (tertiary/aromatic N) is 2. The van der Waals surface area contributed by atoms with E-state index in [1.165, 1.54) is 0 Å². The van der Waals surface area contributed by atoms with E-state index < -0.39 is 0 Å². The van der Waals surface area contributed by atoms with Gasteiger partial charge in [-0.3, -0.25) is 0 Å². The van der Waals surface area contributed by atoms with E-state index in [4.69, 9.17) is 21.9 Å². The van der Waals surface area contributed by atoms with Crippen molar-refractivity contribution < 1.29 is 4.52 Å². The first-order valence-electron chi connectivity index (χ1n) is 5.43. The molecule has 1 aromatic carbocycles. The number of benzene rings is 1. The predicted octanol–water partition coefficient (Wildman–Crippen LogP) is 3.05. The summed E-state index contributed by atoms with van der Waals surface area (Å²) >= 11 is 5.81. The van der Waals surface area contributed by atoms with E-state index >= 15 is 0 Å². The maximum absolute atomic E-state index is 5.95. The second-order valence-electron chi connectivity index (χ2n) is 4.23. The molecule has 17 heavy (non-hydrogen) atoms. The molecule has 1 heterocycles. The highest BCUT2D eigenvalue weighted by Crippen LogP contribution is 2.22. The minimum Gasteiger partial charge on any atom is -0.334 e. The van der Waals surface area contributed by atoms with Gasteiger partial charge in [-0.15, -0.1) is 0 Å². The van der Waals surface area contributed by atoms with Crippen LogP contribution in [0.2, 0.25) is 5.02 Å². The first kappa shape index (κ1) is 12.1. The summed E-state index contributed by atoms with van der Waals surface area (Å²) in [5.41, 5.74) is 6.78. The van der Waals surface area contributed by atoms with Crippen LogP contribution in [0.15, 0.2) is 28.8 Å². The third kappa shape index (κ3) is 2.65. The fourth-order valence-corrected chi connectivity index (χ4v) is 1.50. The zero-order valence-corrected chi connectivity index (χ0v) is 10.5. The molecule has 0 saturated heterocycles. The van der Waals surface area contributed by atoms with Crippen molar-refractivity contribution in [3.8, 4) is 11.5 Å². The zero-order chi connectivity index (χ0) is 12.4. The number of aromatic nitrogens is 2. The number of nitrogens with two attached hydrogens (primary N) is 1. The van der Waals surface area contributed by atoms with Crippen molar-refractivity contribution in [2.75, 3.05) is 0 Å². The summed E-state index contributed by atoms with van der Waals surface area (Å²) in [4.78, 5) is 4.29. The van der Waals surface area contributed by atoms with E-state index in [9.17, 15) is 0 Å². The smallest absolute Gasteiger partial charge is 0.257 e. The second kappa shape index (κ2) is 4.85. The molecule has 1 atom stereocenters. The molecule has 5 heteroatoms. The van der Waals surface area contributed by atoms with Crippen molar-refractivity contribution in [3.05, 3.63) is 35.1 Å². The lowest BCUT2D eigenvalue weighted by Crippen LogP contribution is -2.18. The van der Waals surface area contributed by atoms with Gasteiger partial charge in [-0.1, -0.05) is 30.6 Å². The molecular weight excluding hydrogens is 238 g/mol. The van der Waals surface area contributed by atoms with Gasteiger partial charge < -0.3 is 10.3 Å². The van der Waals surface area contributed by atoms with Gasteiger partial charge in [0, 0.05) is 10.6 Å². The van der Waals surface area contributed by atoms with Gasteiger partial charge in [-0.2, -0.15) is 4.98 Å². The Balaban J connectivity index is 2.26. The van der Waals surface area contributed by atoms with E-state index in [1.54, 1.807) is 12.1 Å². The molecule has 0 radical (unpaired) electrons. The van der Waals surface area contributed by atoms with Gasteiger partial charge in [0.2, 0.25) is 0 Å². The maximum atomic E-state index is 5.95. The lowest BCUT2D eigenvalue weighted by molar-refractivity contribution is 0.400. The van der Waals surface area contributed by atoms with Crippen LogP contribution in [0.4, 0.5) is 0 Å². The van der Waals surface area contributed by atoms with Gasteiger partial charge in [-0.25, -0.2) is 0 Å². The molecule has 1 unspecified atom stereocenters. The van der Waals surface area contributed by atoms with Crippen molar-refractivity contribution in [1.29, 1.82) is 0 Å². The molecule has 0 spiro atoms. The topological polar surface area (TPSA) is 64.9 Å². The first-order valence-corrected chi connectivity index (χ1v) is 5.81. The van der Waals surface area contributed by atoms with E-state index in [0.717, 1.165) is 5.56 Å². The van der Waals surface area contributed by atoms with Gasteiger partial charge in [-0.05, 0) is 30.2 Å². The molecule has 2 N–H and O–H groups in total. The third-order valence-electron chi connectivity index (χ3n) is 2.55. The fourth-order valence-electron chi connectivity index (χ4n) is 1.38. The number of halogens is 1. The Morgan fingerprint density at radius 3 is 2.47 bits per heavy atom. The van der Waals surface area contributed by atoms with Crippen LogP contribution in [0.3, 0.4) is 0 Å². The van der Waals surface area contributed by atoms with Gasteiger partial charge in [0.15, 0.2) is 5.82 Å². The van der Waals surface area contributed by atoms with Crippen LogP contribution in [-0.4, -0.2) is 10.1 Å². The minimum atomic E-state index is -0.209. The highest BCUT2D eigenvalue weighted by atomic mass is 35.5. The first-order chi connectivity index (χ1) is 8.08. The van der Waals surface area contributed by atoms with Gasteiger partial charge in [0.1, 0.15) is 0 Å². The molecule has 0 fully saturated rings. The summed E-state index contributed by atoms with van der Waals surface area (Å²) in [6, 6.07) is 7.02. The Kier molecular flexibility index (Phi) is 3.45. The van der Waals surface area contributed by atoms with Crippen LogP contribution in [-0.2, 0) is 0 Å². The third-order valence-corrected chi connectivity index (χ3v) is 2.80. The molecule has 2 aromatic rings.